The maximum absolute atomic E-state index is 11.2. The Morgan fingerprint density at radius 2 is 2.19 bits per heavy atom. The van der Waals surface area contributed by atoms with E-state index in [1.165, 1.54) is 7.11 Å². The lowest BCUT2D eigenvalue weighted by atomic mass is 10.0. The van der Waals surface area contributed by atoms with E-state index in [0.717, 1.165) is 22.9 Å². The second kappa shape index (κ2) is 6.27. The van der Waals surface area contributed by atoms with Crippen LogP contribution >= 0.6 is 15.9 Å². The zero-order valence-electron chi connectivity index (χ0n) is 8.94. The number of benzene rings is 1. The maximum atomic E-state index is 11.2. The summed E-state index contributed by atoms with van der Waals surface area (Å²) in [5.74, 6) is -0.594. The minimum Gasteiger partial charge on any atom is -0.398 e. The van der Waals surface area contributed by atoms with E-state index in [2.05, 4.69) is 25.9 Å². The summed E-state index contributed by atoms with van der Waals surface area (Å²) in [6.07, 6.45) is 0.798. The first-order chi connectivity index (χ1) is 7.70. The number of primary amides is 1. The Balaban J connectivity index is 3.18. The van der Waals surface area contributed by atoms with E-state index in [0.29, 0.717) is 0 Å². The second-order valence-corrected chi connectivity index (χ2v) is 3.88. The van der Waals surface area contributed by atoms with Crippen LogP contribution in [0.3, 0.4) is 0 Å². The lowest BCUT2D eigenvalue weighted by Crippen LogP contribution is -2.25. The van der Waals surface area contributed by atoms with Crippen LogP contribution in [0.15, 0.2) is 29.4 Å². The molecule has 1 aromatic carbocycles. The number of aryl methyl sites for hydroxylation is 1. The van der Waals surface area contributed by atoms with E-state index in [9.17, 15) is 4.79 Å². The number of nitrogens with two attached hydrogens (primary N) is 1. The van der Waals surface area contributed by atoms with Gasteiger partial charge in [-0.25, -0.2) is 0 Å². The van der Waals surface area contributed by atoms with Gasteiger partial charge in [-0.15, -0.1) is 0 Å². The SMILES string of the molecule is CON=C(C(N)=O)c1ccccc1CCBr. The van der Waals surface area contributed by atoms with E-state index in [1.807, 2.05) is 18.2 Å². The topological polar surface area (TPSA) is 64.7 Å². The van der Waals surface area contributed by atoms with Gasteiger partial charge in [0, 0.05) is 10.9 Å². The monoisotopic (exact) mass is 284 g/mol. The van der Waals surface area contributed by atoms with Gasteiger partial charge < -0.3 is 10.6 Å². The van der Waals surface area contributed by atoms with Crippen LogP contribution < -0.4 is 5.73 Å². The number of oxime groups is 1. The van der Waals surface area contributed by atoms with Crippen molar-refractivity contribution in [2.75, 3.05) is 12.4 Å². The largest absolute Gasteiger partial charge is 0.398 e. The van der Waals surface area contributed by atoms with Crippen LogP contribution in [0.5, 0.6) is 0 Å². The Morgan fingerprint density at radius 1 is 1.50 bits per heavy atom. The molecule has 0 heterocycles. The molecule has 5 heteroatoms. The van der Waals surface area contributed by atoms with Crippen molar-refractivity contribution >= 4 is 27.5 Å². The molecule has 1 rings (SSSR count). The van der Waals surface area contributed by atoms with E-state index < -0.39 is 5.91 Å². The van der Waals surface area contributed by atoms with Gasteiger partial charge in [0.15, 0.2) is 5.71 Å². The molecule has 0 spiro atoms. The molecule has 0 aliphatic heterocycles. The average molecular weight is 285 g/mol. The van der Waals surface area contributed by atoms with Crippen LogP contribution in [0.2, 0.25) is 0 Å². The van der Waals surface area contributed by atoms with Crippen molar-refractivity contribution in [3.63, 3.8) is 0 Å². The van der Waals surface area contributed by atoms with Crippen LogP contribution in [-0.4, -0.2) is 24.1 Å². The fourth-order valence-corrected chi connectivity index (χ4v) is 1.82. The predicted octanol–water partition coefficient (Wildman–Crippen LogP) is 1.46. The molecule has 0 radical (unpaired) electrons. The van der Waals surface area contributed by atoms with Gasteiger partial charge in [-0.2, -0.15) is 0 Å². The van der Waals surface area contributed by atoms with Gasteiger partial charge in [0.05, 0.1) is 0 Å². The van der Waals surface area contributed by atoms with E-state index in [4.69, 9.17) is 5.73 Å². The highest BCUT2D eigenvalue weighted by Gasteiger charge is 2.14. The fourth-order valence-electron chi connectivity index (χ4n) is 1.39. The molecule has 16 heavy (non-hydrogen) atoms. The molecule has 1 amide bonds. The van der Waals surface area contributed by atoms with E-state index in [-0.39, 0.29) is 5.71 Å². The summed E-state index contributed by atoms with van der Waals surface area (Å²) >= 11 is 3.36. The summed E-state index contributed by atoms with van der Waals surface area (Å²) in [5.41, 5.74) is 7.14. The minimum atomic E-state index is -0.594. The van der Waals surface area contributed by atoms with Crippen molar-refractivity contribution in [1.29, 1.82) is 0 Å². The highest BCUT2D eigenvalue weighted by atomic mass is 79.9. The Labute approximate surface area is 103 Å². The predicted molar refractivity (Wildman–Crippen MR) is 66.7 cm³/mol. The zero-order valence-corrected chi connectivity index (χ0v) is 10.5. The van der Waals surface area contributed by atoms with Crippen molar-refractivity contribution in [2.24, 2.45) is 10.9 Å². The number of carbonyl (C=O) groups excluding carboxylic acids is 1. The molecule has 0 aliphatic rings. The van der Waals surface area contributed by atoms with Gasteiger partial charge in [-0.3, -0.25) is 4.79 Å². The molecule has 2 N–H and O–H groups in total. The first-order valence-electron chi connectivity index (χ1n) is 4.76. The summed E-state index contributed by atoms with van der Waals surface area (Å²) in [5, 5.41) is 4.47. The molecule has 0 fully saturated rings. The van der Waals surface area contributed by atoms with Gasteiger partial charge in [0.1, 0.15) is 7.11 Å². The molecule has 0 saturated heterocycles. The van der Waals surface area contributed by atoms with Crippen molar-refractivity contribution in [3.05, 3.63) is 35.4 Å². The lowest BCUT2D eigenvalue weighted by molar-refractivity contribution is -0.112. The molecule has 86 valence electrons. The highest BCUT2D eigenvalue weighted by molar-refractivity contribution is 9.09. The number of carbonyl (C=O) groups is 1. The van der Waals surface area contributed by atoms with Crippen LogP contribution in [0.1, 0.15) is 11.1 Å². The molecule has 0 saturated carbocycles. The summed E-state index contributed by atoms with van der Waals surface area (Å²) in [7, 11) is 1.38. The van der Waals surface area contributed by atoms with Gasteiger partial charge in [-0.05, 0) is 12.0 Å². The number of rotatable bonds is 5. The third-order valence-corrected chi connectivity index (χ3v) is 2.45. The Morgan fingerprint density at radius 3 is 2.75 bits per heavy atom. The number of hydrogen-bond donors (Lipinski definition) is 1. The van der Waals surface area contributed by atoms with Gasteiger partial charge in [0.2, 0.25) is 0 Å². The van der Waals surface area contributed by atoms with Crippen molar-refractivity contribution < 1.29 is 9.63 Å². The van der Waals surface area contributed by atoms with Crippen molar-refractivity contribution in [1.82, 2.24) is 0 Å². The highest BCUT2D eigenvalue weighted by Crippen LogP contribution is 2.12. The average Bonchev–Trinajstić information content (AvgIpc) is 2.27. The lowest BCUT2D eigenvalue weighted by Gasteiger charge is -2.07. The number of amides is 1. The summed E-state index contributed by atoms with van der Waals surface area (Å²) in [6, 6.07) is 7.49. The summed E-state index contributed by atoms with van der Waals surface area (Å²) in [4.78, 5) is 15.9. The Hall–Kier alpha value is -1.36. The second-order valence-electron chi connectivity index (χ2n) is 3.08. The third kappa shape index (κ3) is 3.06. The molecule has 0 bridgehead atoms. The molecule has 4 nitrogen and oxygen atoms in total. The number of halogens is 1. The van der Waals surface area contributed by atoms with E-state index in [1.54, 1.807) is 6.07 Å². The minimum absolute atomic E-state index is 0.152. The normalized spacial score (nSPS) is 11.2. The standard InChI is InChI=1S/C11H13BrN2O2/c1-16-14-10(11(13)15)9-5-3-2-4-8(9)6-7-12/h2-5H,6-7H2,1H3,(H2,13,15). The fraction of sp³-hybridized carbons (Fsp3) is 0.273. The molecule has 0 aromatic heterocycles. The molecule has 0 unspecified atom stereocenters. The van der Waals surface area contributed by atoms with Gasteiger partial charge >= 0.3 is 0 Å². The molecule has 0 atom stereocenters. The van der Waals surface area contributed by atoms with Crippen LogP contribution in [0, 0.1) is 0 Å². The molecular weight excluding hydrogens is 272 g/mol. The maximum Gasteiger partial charge on any atom is 0.271 e. The number of nitrogens with zero attached hydrogens (tertiary/aromatic N) is 1. The number of hydrogen-bond acceptors (Lipinski definition) is 3. The van der Waals surface area contributed by atoms with Crippen molar-refractivity contribution in [2.45, 2.75) is 6.42 Å². The summed E-state index contributed by atoms with van der Waals surface area (Å²) in [6.45, 7) is 0. The Kier molecular flexibility index (Phi) is 4.98. The van der Waals surface area contributed by atoms with E-state index >= 15 is 0 Å². The van der Waals surface area contributed by atoms with Gasteiger partial charge in [0.25, 0.3) is 5.91 Å². The summed E-state index contributed by atoms with van der Waals surface area (Å²) < 4.78 is 0. The molecular formula is C11H13BrN2O2. The first-order valence-corrected chi connectivity index (χ1v) is 5.88. The number of alkyl halides is 1. The van der Waals surface area contributed by atoms with Crippen molar-refractivity contribution in [3.8, 4) is 0 Å². The van der Waals surface area contributed by atoms with Crippen LogP contribution in [0.4, 0.5) is 0 Å². The zero-order chi connectivity index (χ0) is 12.0. The Bertz CT molecular complexity index is 405. The molecule has 1 aromatic rings. The third-order valence-electron chi connectivity index (χ3n) is 2.05. The van der Waals surface area contributed by atoms with Crippen LogP contribution in [0.25, 0.3) is 0 Å². The van der Waals surface area contributed by atoms with Crippen LogP contribution in [-0.2, 0) is 16.1 Å². The van der Waals surface area contributed by atoms with Gasteiger partial charge in [-0.1, -0.05) is 45.4 Å². The molecule has 0 aliphatic carbocycles. The first kappa shape index (κ1) is 12.7. The smallest absolute Gasteiger partial charge is 0.271 e. The quantitative estimate of drug-likeness (QED) is 0.505.